The quantitative estimate of drug-likeness (QED) is 0.916. The Balaban J connectivity index is 2.31. The normalized spacial score (nSPS) is 12.0. The first-order chi connectivity index (χ1) is 8.91. The van der Waals surface area contributed by atoms with Gasteiger partial charge in [0.25, 0.3) is 5.56 Å². The fourth-order valence-electron chi connectivity index (χ4n) is 1.80. The summed E-state index contributed by atoms with van der Waals surface area (Å²) in [7, 11) is 0. The van der Waals surface area contributed by atoms with Gasteiger partial charge in [0.05, 0.1) is 5.69 Å². The minimum Gasteiger partial charge on any atom is -0.306 e. The van der Waals surface area contributed by atoms with Crippen LogP contribution in [0.3, 0.4) is 0 Å². The summed E-state index contributed by atoms with van der Waals surface area (Å²) in [6, 6.07) is 5.45. The van der Waals surface area contributed by atoms with E-state index in [0.29, 0.717) is 12.2 Å². The largest absolute Gasteiger partial charge is 0.306 e. The lowest BCUT2D eigenvalue weighted by Crippen LogP contribution is -2.38. The van der Waals surface area contributed by atoms with Crippen LogP contribution in [-0.2, 0) is 6.54 Å². The Morgan fingerprint density at radius 3 is 2.79 bits per heavy atom. The molecular formula is C15H21N3O. The summed E-state index contributed by atoms with van der Waals surface area (Å²) in [6.45, 7) is 9.00. The van der Waals surface area contributed by atoms with Crippen LogP contribution in [0.15, 0.2) is 29.2 Å². The van der Waals surface area contributed by atoms with Gasteiger partial charge in [0.1, 0.15) is 5.65 Å². The van der Waals surface area contributed by atoms with Crippen molar-refractivity contribution < 1.29 is 0 Å². The molecule has 0 unspecified atom stereocenters. The van der Waals surface area contributed by atoms with E-state index in [9.17, 15) is 4.79 Å². The standard InChI is InChI=1S/C15H21N3O/c1-5-15(3,4)16-9-12-8-14(19)18-10-11(2)6-7-13(18)17-12/h6-8,10,16H,5,9H2,1-4H3. The lowest BCUT2D eigenvalue weighted by molar-refractivity contribution is 0.372. The van der Waals surface area contributed by atoms with Crippen LogP contribution < -0.4 is 10.9 Å². The molecule has 0 saturated carbocycles. The maximum Gasteiger partial charge on any atom is 0.258 e. The van der Waals surface area contributed by atoms with Gasteiger partial charge in [-0.25, -0.2) is 4.98 Å². The van der Waals surface area contributed by atoms with E-state index in [0.717, 1.165) is 17.7 Å². The van der Waals surface area contributed by atoms with E-state index >= 15 is 0 Å². The van der Waals surface area contributed by atoms with Crippen LogP contribution in [0.4, 0.5) is 0 Å². The highest BCUT2D eigenvalue weighted by Gasteiger charge is 2.14. The summed E-state index contributed by atoms with van der Waals surface area (Å²) in [6.07, 6.45) is 2.84. The van der Waals surface area contributed by atoms with Gasteiger partial charge < -0.3 is 5.32 Å². The maximum atomic E-state index is 12.0. The Morgan fingerprint density at radius 2 is 2.11 bits per heavy atom. The SMILES string of the molecule is CCC(C)(C)NCc1cc(=O)n2cc(C)ccc2n1. The molecule has 0 saturated heterocycles. The molecule has 0 aliphatic heterocycles. The van der Waals surface area contributed by atoms with Crippen LogP contribution in [0.5, 0.6) is 0 Å². The van der Waals surface area contributed by atoms with Crippen molar-refractivity contribution in [1.29, 1.82) is 0 Å². The van der Waals surface area contributed by atoms with E-state index in [1.807, 2.05) is 25.3 Å². The first-order valence-corrected chi connectivity index (χ1v) is 6.65. The molecule has 0 aliphatic rings. The van der Waals surface area contributed by atoms with Crippen LogP contribution in [-0.4, -0.2) is 14.9 Å². The summed E-state index contributed by atoms with van der Waals surface area (Å²) in [5, 5.41) is 3.42. The highest BCUT2D eigenvalue weighted by atomic mass is 16.1. The van der Waals surface area contributed by atoms with Crippen LogP contribution in [0.2, 0.25) is 0 Å². The monoisotopic (exact) mass is 259 g/mol. The lowest BCUT2D eigenvalue weighted by atomic mass is 10.0. The zero-order chi connectivity index (χ0) is 14.0. The van der Waals surface area contributed by atoms with E-state index in [2.05, 4.69) is 31.1 Å². The van der Waals surface area contributed by atoms with Crippen molar-refractivity contribution in [2.45, 2.75) is 46.2 Å². The number of fused-ring (bicyclic) bond motifs is 1. The van der Waals surface area contributed by atoms with Crippen molar-refractivity contribution in [2.75, 3.05) is 0 Å². The highest BCUT2D eigenvalue weighted by molar-refractivity contribution is 5.39. The average Bonchev–Trinajstić information content (AvgIpc) is 2.37. The van der Waals surface area contributed by atoms with Crippen molar-refractivity contribution in [1.82, 2.24) is 14.7 Å². The molecule has 2 aromatic heterocycles. The van der Waals surface area contributed by atoms with Crippen molar-refractivity contribution in [3.05, 3.63) is 46.0 Å². The number of hydrogen-bond donors (Lipinski definition) is 1. The zero-order valence-electron chi connectivity index (χ0n) is 12.0. The minimum atomic E-state index is -0.0280. The molecule has 0 aliphatic carbocycles. The molecule has 0 spiro atoms. The Labute approximate surface area is 113 Å². The Hall–Kier alpha value is -1.68. The topological polar surface area (TPSA) is 46.4 Å². The molecule has 19 heavy (non-hydrogen) atoms. The molecule has 1 N–H and O–H groups in total. The number of nitrogens with zero attached hydrogens (tertiary/aromatic N) is 2. The molecule has 0 bridgehead atoms. The number of aryl methyl sites for hydroxylation is 1. The molecule has 0 amide bonds. The number of hydrogen-bond acceptors (Lipinski definition) is 3. The third-order valence-corrected chi connectivity index (χ3v) is 3.49. The number of rotatable bonds is 4. The first kappa shape index (κ1) is 13.7. The van der Waals surface area contributed by atoms with Gasteiger partial charge in [-0.1, -0.05) is 13.0 Å². The van der Waals surface area contributed by atoms with Gasteiger partial charge in [-0.05, 0) is 38.8 Å². The molecule has 102 valence electrons. The second-order valence-corrected chi connectivity index (χ2v) is 5.61. The summed E-state index contributed by atoms with van der Waals surface area (Å²) >= 11 is 0. The molecule has 2 heterocycles. The van der Waals surface area contributed by atoms with Crippen LogP contribution in [0.1, 0.15) is 38.4 Å². The fraction of sp³-hybridized carbons (Fsp3) is 0.467. The van der Waals surface area contributed by atoms with Gasteiger partial charge in [0.15, 0.2) is 0 Å². The van der Waals surface area contributed by atoms with Crippen molar-refractivity contribution in [3.63, 3.8) is 0 Å². The van der Waals surface area contributed by atoms with E-state index < -0.39 is 0 Å². The number of nitrogens with one attached hydrogen (secondary N) is 1. The van der Waals surface area contributed by atoms with E-state index in [1.54, 1.807) is 10.5 Å². The van der Waals surface area contributed by atoms with Crippen molar-refractivity contribution in [3.8, 4) is 0 Å². The van der Waals surface area contributed by atoms with Gasteiger partial charge in [0, 0.05) is 24.3 Å². The summed E-state index contributed by atoms with van der Waals surface area (Å²) < 4.78 is 1.59. The molecule has 4 heteroatoms. The molecule has 0 radical (unpaired) electrons. The fourth-order valence-corrected chi connectivity index (χ4v) is 1.80. The van der Waals surface area contributed by atoms with Gasteiger partial charge >= 0.3 is 0 Å². The molecule has 2 aromatic rings. The minimum absolute atomic E-state index is 0.0280. The second kappa shape index (κ2) is 5.13. The zero-order valence-corrected chi connectivity index (χ0v) is 12.0. The van der Waals surface area contributed by atoms with Crippen LogP contribution in [0, 0.1) is 6.92 Å². The second-order valence-electron chi connectivity index (χ2n) is 5.61. The highest BCUT2D eigenvalue weighted by Crippen LogP contribution is 2.08. The molecule has 0 atom stereocenters. The number of pyridine rings is 1. The third kappa shape index (κ3) is 3.20. The molecule has 0 aromatic carbocycles. The molecule has 2 rings (SSSR count). The van der Waals surface area contributed by atoms with Gasteiger partial charge in [0.2, 0.25) is 0 Å². The van der Waals surface area contributed by atoms with E-state index in [4.69, 9.17) is 0 Å². The summed E-state index contributed by atoms with van der Waals surface area (Å²) in [5.74, 6) is 0. The number of aromatic nitrogens is 2. The van der Waals surface area contributed by atoms with Gasteiger partial charge in [-0.2, -0.15) is 0 Å². The summed E-state index contributed by atoms with van der Waals surface area (Å²) in [5.41, 5.74) is 2.56. The van der Waals surface area contributed by atoms with Crippen LogP contribution in [0.25, 0.3) is 5.65 Å². The van der Waals surface area contributed by atoms with Gasteiger partial charge in [-0.3, -0.25) is 9.20 Å². The van der Waals surface area contributed by atoms with Crippen molar-refractivity contribution in [2.24, 2.45) is 0 Å². The predicted octanol–water partition coefficient (Wildman–Crippen LogP) is 2.28. The lowest BCUT2D eigenvalue weighted by Gasteiger charge is -2.24. The maximum absolute atomic E-state index is 12.0. The third-order valence-electron chi connectivity index (χ3n) is 3.49. The Kier molecular flexibility index (Phi) is 3.71. The smallest absolute Gasteiger partial charge is 0.258 e. The molecular weight excluding hydrogens is 238 g/mol. The molecule has 4 nitrogen and oxygen atoms in total. The molecule has 0 fully saturated rings. The Morgan fingerprint density at radius 1 is 1.37 bits per heavy atom. The first-order valence-electron chi connectivity index (χ1n) is 6.65. The van der Waals surface area contributed by atoms with Crippen LogP contribution >= 0.6 is 0 Å². The van der Waals surface area contributed by atoms with E-state index in [1.165, 1.54) is 0 Å². The summed E-state index contributed by atoms with van der Waals surface area (Å²) in [4.78, 5) is 16.6. The predicted molar refractivity (Wildman–Crippen MR) is 77.4 cm³/mol. The van der Waals surface area contributed by atoms with E-state index in [-0.39, 0.29) is 11.1 Å². The average molecular weight is 259 g/mol. The van der Waals surface area contributed by atoms with Gasteiger partial charge in [-0.15, -0.1) is 0 Å². The van der Waals surface area contributed by atoms with Crippen molar-refractivity contribution >= 4 is 5.65 Å². The Bertz CT molecular complexity index is 643.